The fourth-order valence-corrected chi connectivity index (χ4v) is 3.28. The minimum atomic E-state index is -3.88. The van der Waals surface area contributed by atoms with Crippen LogP contribution in [0.25, 0.3) is 0 Å². The first-order valence-electron chi connectivity index (χ1n) is 5.83. The minimum absolute atomic E-state index is 0.0439. The van der Waals surface area contributed by atoms with Gasteiger partial charge in [-0.25, -0.2) is 8.42 Å². The van der Waals surface area contributed by atoms with Gasteiger partial charge in [-0.3, -0.25) is 14.8 Å². The molecule has 8 heteroatoms. The van der Waals surface area contributed by atoms with Gasteiger partial charge in [0.05, 0.1) is 14.3 Å². The molecule has 0 spiro atoms. The maximum Gasteiger partial charge on any atom is 0.307 e. The molecule has 0 heterocycles. The van der Waals surface area contributed by atoms with Crippen molar-refractivity contribution < 1.29 is 13.3 Å². The largest absolute Gasteiger partial charge is 0.307 e. The number of anilines is 1. The molecular formula is C13H11BrN2O4S. The highest BCUT2D eigenvalue weighted by Crippen LogP contribution is 2.33. The number of para-hydroxylation sites is 1. The van der Waals surface area contributed by atoms with Crippen LogP contribution in [0.5, 0.6) is 0 Å². The molecular weight excluding hydrogens is 360 g/mol. The number of rotatable bonds is 4. The van der Waals surface area contributed by atoms with Gasteiger partial charge in [0.1, 0.15) is 5.69 Å². The summed E-state index contributed by atoms with van der Waals surface area (Å²) in [4.78, 5) is 10.5. The minimum Gasteiger partial charge on any atom is -0.273 e. The normalized spacial score (nSPS) is 11.1. The van der Waals surface area contributed by atoms with E-state index in [4.69, 9.17) is 0 Å². The summed E-state index contributed by atoms with van der Waals surface area (Å²) in [5.74, 6) is 0. The number of nitrogens with one attached hydrogen (secondary N) is 1. The summed E-state index contributed by atoms with van der Waals surface area (Å²) in [6.07, 6.45) is 0. The Morgan fingerprint density at radius 3 is 2.33 bits per heavy atom. The van der Waals surface area contributed by atoms with Crippen LogP contribution >= 0.6 is 15.9 Å². The van der Waals surface area contributed by atoms with Crippen LogP contribution in [0.2, 0.25) is 0 Å². The summed E-state index contributed by atoms with van der Waals surface area (Å²) < 4.78 is 27.0. The van der Waals surface area contributed by atoms with Gasteiger partial charge in [-0.05, 0) is 47.1 Å². The molecule has 6 nitrogen and oxygen atoms in total. The maximum absolute atomic E-state index is 12.2. The zero-order valence-corrected chi connectivity index (χ0v) is 13.3. The molecule has 2 aromatic carbocycles. The Labute approximate surface area is 130 Å². The summed E-state index contributed by atoms with van der Waals surface area (Å²) in [7, 11) is -3.88. The zero-order chi connectivity index (χ0) is 15.6. The molecule has 0 atom stereocenters. The molecule has 0 aliphatic carbocycles. The second kappa shape index (κ2) is 5.82. The Morgan fingerprint density at radius 1 is 1.14 bits per heavy atom. The average molecular weight is 371 g/mol. The predicted molar refractivity (Wildman–Crippen MR) is 82.8 cm³/mol. The summed E-state index contributed by atoms with van der Waals surface area (Å²) in [6.45, 7) is 1.84. The van der Waals surface area contributed by atoms with E-state index in [1.165, 1.54) is 30.3 Å². The van der Waals surface area contributed by atoms with Crippen LogP contribution in [0.15, 0.2) is 51.8 Å². The third-order valence-electron chi connectivity index (χ3n) is 2.74. The van der Waals surface area contributed by atoms with Gasteiger partial charge >= 0.3 is 5.69 Å². The van der Waals surface area contributed by atoms with E-state index in [1.807, 2.05) is 6.92 Å². The number of sulfonamides is 1. The number of benzene rings is 2. The predicted octanol–water partition coefficient (Wildman–Crippen LogP) is 3.47. The molecule has 0 saturated carbocycles. The number of hydrogen-bond acceptors (Lipinski definition) is 4. The Kier molecular flexibility index (Phi) is 4.29. The van der Waals surface area contributed by atoms with Gasteiger partial charge in [0.25, 0.3) is 10.0 Å². The Balaban J connectivity index is 2.44. The van der Waals surface area contributed by atoms with E-state index in [-0.39, 0.29) is 20.7 Å². The van der Waals surface area contributed by atoms with Crippen molar-refractivity contribution in [2.45, 2.75) is 11.8 Å². The molecule has 0 radical (unpaired) electrons. The lowest BCUT2D eigenvalue weighted by atomic mass is 10.2. The number of halogens is 1. The lowest BCUT2D eigenvalue weighted by molar-refractivity contribution is -0.384. The molecule has 0 bridgehead atoms. The molecule has 0 unspecified atom stereocenters. The van der Waals surface area contributed by atoms with Crippen molar-refractivity contribution in [1.82, 2.24) is 0 Å². The zero-order valence-electron chi connectivity index (χ0n) is 10.9. The summed E-state index contributed by atoms with van der Waals surface area (Å²) in [5.41, 5.74) is 0.505. The lowest BCUT2D eigenvalue weighted by Crippen LogP contribution is -2.14. The van der Waals surface area contributed by atoms with Crippen LogP contribution < -0.4 is 4.72 Å². The first-order chi connectivity index (χ1) is 9.81. The van der Waals surface area contributed by atoms with E-state index in [0.29, 0.717) is 0 Å². The standard InChI is InChI=1S/C13H11BrN2O4S/c1-9-5-7-10(8-6-9)21(19,20)15-12-4-2-3-11(14)13(12)16(17)18/h2-8,15H,1H3. The van der Waals surface area contributed by atoms with Crippen molar-refractivity contribution in [3.05, 3.63) is 62.6 Å². The molecule has 0 amide bonds. The molecule has 0 saturated heterocycles. The second-order valence-corrected chi connectivity index (χ2v) is 6.85. The number of nitro groups is 1. The van der Waals surface area contributed by atoms with E-state index >= 15 is 0 Å². The van der Waals surface area contributed by atoms with Crippen LogP contribution in [-0.4, -0.2) is 13.3 Å². The number of hydrogen-bond donors (Lipinski definition) is 1. The summed E-state index contributed by atoms with van der Waals surface area (Å²) in [6, 6.07) is 10.5. The number of aryl methyl sites for hydroxylation is 1. The molecule has 110 valence electrons. The lowest BCUT2D eigenvalue weighted by Gasteiger charge is -2.09. The van der Waals surface area contributed by atoms with E-state index < -0.39 is 14.9 Å². The summed E-state index contributed by atoms with van der Waals surface area (Å²) in [5, 5.41) is 11.1. The highest BCUT2D eigenvalue weighted by molar-refractivity contribution is 9.10. The van der Waals surface area contributed by atoms with Gasteiger partial charge in [0.15, 0.2) is 0 Å². The van der Waals surface area contributed by atoms with Crippen molar-refractivity contribution >= 4 is 37.3 Å². The molecule has 0 fully saturated rings. The van der Waals surface area contributed by atoms with E-state index in [2.05, 4.69) is 20.7 Å². The van der Waals surface area contributed by atoms with Crippen molar-refractivity contribution in [3.63, 3.8) is 0 Å². The first-order valence-corrected chi connectivity index (χ1v) is 8.11. The highest BCUT2D eigenvalue weighted by atomic mass is 79.9. The van der Waals surface area contributed by atoms with Gasteiger partial charge in [0, 0.05) is 0 Å². The van der Waals surface area contributed by atoms with Gasteiger partial charge in [0.2, 0.25) is 0 Å². The van der Waals surface area contributed by atoms with E-state index in [0.717, 1.165) is 5.56 Å². The molecule has 0 aromatic heterocycles. The number of nitro benzene ring substituents is 1. The molecule has 0 aliphatic heterocycles. The van der Waals surface area contributed by atoms with Gasteiger partial charge in [-0.15, -0.1) is 0 Å². The molecule has 21 heavy (non-hydrogen) atoms. The van der Waals surface area contributed by atoms with Crippen molar-refractivity contribution in [2.75, 3.05) is 4.72 Å². The quantitative estimate of drug-likeness (QED) is 0.658. The first kappa shape index (κ1) is 15.5. The summed E-state index contributed by atoms with van der Waals surface area (Å²) >= 11 is 3.04. The third-order valence-corrected chi connectivity index (χ3v) is 4.77. The fraction of sp³-hybridized carbons (Fsp3) is 0.0769. The van der Waals surface area contributed by atoms with Crippen molar-refractivity contribution in [2.24, 2.45) is 0 Å². The Morgan fingerprint density at radius 2 is 1.76 bits per heavy atom. The van der Waals surface area contributed by atoms with Crippen LogP contribution in [0.3, 0.4) is 0 Å². The molecule has 2 aromatic rings. The second-order valence-electron chi connectivity index (χ2n) is 4.31. The van der Waals surface area contributed by atoms with Crippen LogP contribution in [0, 0.1) is 17.0 Å². The maximum atomic E-state index is 12.2. The molecule has 1 N–H and O–H groups in total. The van der Waals surface area contributed by atoms with E-state index in [9.17, 15) is 18.5 Å². The van der Waals surface area contributed by atoms with Gasteiger partial charge in [-0.1, -0.05) is 23.8 Å². The SMILES string of the molecule is Cc1ccc(S(=O)(=O)Nc2cccc(Br)c2[N+](=O)[O-])cc1. The van der Waals surface area contributed by atoms with Gasteiger partial charge in [-0.2, -0.15) is 0 Å². The van der Waals surface area contributed by atoms with Crippen LogP contribution in [0.4, 0.5) is 11.4 Å². The van der Waals surface area contributed by atoms with Crippen molar-refractivity contribution in [3.8, 4) is 0 Å². The van der Waals surface area contributed by atoms with E-state index in [1.54, 1.807) is 12.1 Å². The van der Waals surface area contributed by atoms with Crippen LogP contribution in [-0.2, 0) is 10.0 Å². The third kappa shape index (κ3) is 3.40. The topological polar surface area (TPSA) is 89.3 Å². The van der Waals surface area contributed by atoms with Crippen molar-refractivity contribution in [1.29, 1.82) is 0 Å². The van der Waals surface area contributed by atoms with Crippen LogP contribution in [0.1, 0.15) is 5.56 Å². The number of nitrogens with zero attached hydrogens (tertiary/aromatic N) is 1. The van der Waals surface area contributed by atoms with Gasteiger partial charge < -0.3 is 0 Å². The monoisotopic (exact) mass is 370 g/mol. The molecule has 2 rings (SSSR count). The molecule has 0 aliphatic rings. The average Bonchev–Trinajstić information content (AvgIpc) is 2.38. The smallest absolute Gasteiger partial charge is 0.273 e. The Bertz CT molecular complexity index is 788. The fourth-order valence-electron chi connectivity index (χ4n) is 1.70. The highest BCUT2D eigenvalue weighted by Gasteiger charge is 2.23. The Hall–Kier alpha value is -1.93.